The summed E-state index contributed by atoms with van der Waals surface area (Å²) in [7, 11) is 2.75. The molecule has 0 aromatic rings. The van der Waals surface area contributed by atoms with Gasteiger partial charge < -0.3 is 15.7 Å². The van der Waals surface area contributed by atoms with Gasteiger partial charge in [-0.1, -0.05) is 0 Å². The molecule has 0 fully saturated rings. The van der Waals surface area contributed by atoms with Crippen LogP contribution in [0.15, 0.2) is 0 Å². The van der Waals surface area contributed by atoms with E-state index in [9.17, 15) is 4.79 Å². The Balaban J connectivity index is -0.000000405. The largest absolute Gasteiger partial charge is 1.00 e. The molecule has 0 bridgehead atoms. The van der Waals surface area contributed by atoms with Gasteiger partial charge in [0.2, 0.25) is 0 Å². The Morgan fingerprint density at radius 2 is 2.00 bits per heavy atom. The molecule has 0 saturated heterocycles. The standard InChI is InChI=1S/C6H9NO3.Na.H/c1-9-6(10-2)5(3-7)4-8;;/h4-6H,1-2H3;;/q;+1;-1. The maximum Gasteiger partial charge on any atom is 1.00 e. The average molecular weight is 167 g/mol. The molecule has 0 aromatic carbocycles. The van der Waals surface area contributed by atoms with Crippen molar-refractivity contribution in [2.24, 2.45) is 5.92 Å². The number of methoxy groups -OCH3 is 2. The van der Waals surface area contributed by atoms with Crippen molar-refractivity contribution in [3.8, 4) is 6.07 Å². The molecule has 58 valence electrons. The molecule has 0 heterocycles. The second-order valence-electron chi connectivity index (χ2n) is 1.63. The van der Waals surface area contributed by atoms with Crippen LogP contribution >= 0.6 is 0 Å². The summed E-state index contributed by atoms with van der Waals surface area (Å²) in [5.74, 6) is -0.838. The molecule has 0 amide bonds. The number of aldehydes is 1. The van der Waals surface area contributed by atoms with E-state index >= 15 is 0 Å². The minimum Gasteiger partial charge on any atom is -1.00 e. The van der Waals surface area contributed by atoms with Crippen LogP contribution in [0.4, 0.5) is 0 Å². The zero-order valence-electron chi connectivity index (χ0n) is 7.90. The van der Waals surface area contributed by atoms with Crippen molar-refractivity contribution in [1.29, 1.82) is 5.26 Å². The number of nitriles is 1. The summed E-state index contributed by atoms with van der Waals surface area (Å²) in [5, 5.41) is 8.32. The molecule has 1 atom stereocenters. The van der Waals surface area contributed by atoms with E-state index in [1.165, 1.54) is 14.2 Å². The van der Waals surface area contributed by atoms with Crippen LogP contribution in [0.1, 0.15) is 1.43 Å². The van der Waals surface area contributed by atoms with Gasteiger partial charge in [0.05, 0.1) is 6.07 Å². The molecule has 0 aliphatic heterocycles. The van der Waals surface area contributed by atoms with E-state index in [-0.39, 0.29) is 31.0 Å². The number of ether oxygens (including phenoxy) is 2. The van der Waals surface area contributed by atoms with Crippen LogP contribution in [0.25, 0.3) is 0 Å². The number of nitrogens with zero attached hydrogens (tertiary/aromatic N) is 1. The smallest absolute Gasteiger partial charge is 1.00 e. The molecule has 5 heteroatoms. The van der Waals surface area contributed by atoms with Gasteiger partial charge in [-0.2, -0.15) is 5.26 Å². The maximum absolute atomic E-state index is 10.1. The molecule has 4 nitrogen and oxygen atoms in total. The Bertz CT molecular complexity index is 146. The van der Waals surface area contributed by atoms with Crippen LogP contribution in [-0.4, -0.2) is 26.8 Å². The summed E-state index contributed by atoms with van der Waals surface area (Å²) in [6.45, 7) is 0. The van der Waals surface area contributed by atoms with Crippen LogP contribution in [0.2, 0.25) is 0 Å². The van der Waals surface area contributed by atoms with Crippen LogP contribution in [0.5, 0.6) is 0 Å². The van der Waals surface area contributed by atoms with Crippen molar-refractivity contribution in [2.45, 2.75) is 6.29 Å². The summed E-state index contributed by atoms with van der Waals surface area (Å²) in [6, 6.07) is 1.74. The van der Waals surface area contributed by atoms with Crippen LogP contribution in [0, 0.1) is 17.2 Å². The average Bonchev–Trinajstić information content (AvgIpc) is 2.00. The number of hydrogen-bond donors (Lipinski definition) is 0. The molecule has 0 aliphatic rings. The van der Waals surface area contributed by atoms with Crippen LogP contribution < -0.4 is 29.6 Å². The zero-order valence-corrected chi connectivity index (χ0v) is 8.90. The van der Waals surface area contributed by atoms with Gasteiger partial charge in [-0.15, -0.1) is 0 Å². The van der Waals surface area contributed by atoms with Gasteiger partial charge in [0.15, 0.2) is 12.2 Å². The maximum atomic E-state index is 10.1. The van der Waals surface area contributed by atoms with E-state index in [0.717, 1.165) is 0 Å². The normalized spacial score (nSPS) is 11.5. The Kier molecular flexibility index (Phi) is 10.2. The van der Waals surface area contributed by atoms with Crippen molar-refractivity contribution >= 4 is 6.29 Å². The Hall–Kier alpha value is 0.0800. The fourth-order valence-corrected chi connectivity index (χ4v) is 0.545. The van der Waals surface area contributed by atoms with Gasteiger partial charge >= 0.3 is 29.6 Å². The minimum atomic E-state index is -0.838. The third-order valence-electron chi connectivity index (χ3n) is 1.05. The first-order chi connectivity index (χ1) is 4.79. The molecule has 0 saturated carbocycles. The third-order valence-corrected chi connectivity index (χ3v) is 1.05. The first-order valence-corrected chi connectivity index (χ1v) is 2.70. The number of rotatable bonds is 4. The van der Waals surface area contributed by atoms with Crippen molar-refractivity contribution in [1.82, 2.24) is 0 Å². The molecule has 11 heavy (non-hydrogen) atoms. The molecule has 0 N–H and O–H groups in total. The second-order valence-corrected chi connectivity index (χ2v) is 1.63. The molecular formula is C6H10NNaO3. The van der Waals surface area contributed by atoms with Gasteiger partial charge in [-0.05, 0) is 0 Å². The van der Waals surface area contributed by atoms with Gasteiger partial charge in [0.25, 0.3) is 0 Å². The van der Waals surface area contributed by atoms with Crippen LogP contribution in [-0.2, 0) is 14.3 Å². The third kappa shape index (κ3) is 4.51. The molecule has 1 unspecified atom stereocenters. The van der Waals surface area contributed by atoms with E-state index in [2.05, 4.69) is 9.47 Å². The molecule has 0 radical (unpaired) electrons. The summed E-state index contributed by atoms with van der Waals surface area (Å²) in [6.07, 6.45) is -0.250. The summed E-state index contributed by atoms with van der Waals surface area (Å²) in [4.78, 5) is 10.1. The predicted molar refractivity (Wildman–Crippen MR) is 34.1 cm³/mol. The molecule has 0 aliphatic carbocycles. The first-order valence-electron chi connectivity index (χ1n) is 2.70. The predicted octanol–water partition coefficient (Wildman–Crippen LogP) is -2.94. The van der Waals surface area contributed by atoms with Crippen molar-refractivity contribution in [2.75, 3.05) is 14.2 Å². The SMILES string of the molecule is COC(OC)C(C#N)C=O.[H-].[Na+]. The molecule has 0 aromatic heterocycles. The Morgan fingerprint density at radius 3 is 2.09 bits per heavy atom. The van der Waals surface area contributed by atoms with Gasteiger partial charge in [0.1, 0.15) is 6.29 Å². The van der Waals surface area contributed by atoms with Crippen molar-refractivity contribution in [3.63, 3.8) is 0 Å². The van der Waals surface area contributed by atoms with E-state index < -0.39 is 12.2 Å². The first kappa shape index (κ1) is 13.7. The number of hydrogen-bond acceptors (Lipinski definition) is 4. The van der Waals surface area contributed by atoms with E-state index in [1.54, 1.807) is 6.07 Å². The van der Waals surface area contributed by atoms with E-state index in [1.807, 2.05) is 0 Å². The minimum absolute atomic E-state index is 0. The number of carbonyl (C=O) groups excluding carboxylic acids is 1. The molecular weight excluding hydrogens is 157 g/mol. The second kappa shape index (κ2) is 8.18. The summed E-state index contributed by atoms with van der Waals surface area (Å²) in [5.41, 5.74) is 0. The van der Waals surface area contributed by atoms with Gasteiger partial charge in [-0.25, -0.2) is 0 Å². The fraction of sp³-hybridized carbons (Fsp3) is 0.667. The topological polar surface area (TPSA) is 59.3 Å². The van der Waals surface area contributed by atoms with Crippen molar-refractivity contribution < 1.29 is 45.3 Å². The van der Waals surface area contributed by atoms with Gasteiger partial charge in [-0.3, -0.25) is 0 Å². The molecule has 0 rings (SSSR count). The fourth-order valence-electron chi connectivity index (χ4n) is 0.545. The van der Waals surface area contributed by atoms with Crippen molar-refractivity contribution in [3.05, 3.63) is 0 Å². The van der Waals surface area contributed by atoms with E-state index in [0.29, 0.717) is 6.29 Å². The van der Waals surface area contributed by atoms with Crippen LogP contribution in [0.3, 0.4) is 0 Å². The van der Waals surface area contributed by atoms with E-state index in [4.69, 9.17) is 5.26 Å². The van der Waals surface area contributed by atoms with Gasteiger partial charge in [0, 0.05) is 14.2 Å². The Morgan fingerprint density at radius 1 is 1.55 bits per heavy atom. The number of carbonyl (C=O) groups is 1. The zero-order chi connectivity index (χ0) is 7.98. The monoisotopic (exact) mass is 167 g/mol. The molecule has 0 spiro atoms. The quantitative estimate of drug-likeness (QED) is 0.255. The summed E-state index contributed by atoms with van der Waals surface area (Å²) < 4.78 is 9.33. The Labute approximate surface area is 89.2 Å². The summed E-state index contributed by atoms with van der Waals surface area (Å²) >= 11 is 0.